The molecule has 124 valence electrons. The van der Waals surface area contributed by atoms with Crippen LogP contribution in [-0.4, -0.2) is 21.3 Å². The highest BCUT2D eigenvalue weighted by atomic mass is 16.4. The molecule has 2 aromatic carbocycles. The number of fused-ring (bicyclic) bond motifs is 3. The summed E-state index contributed by atoms with van der Waals surface area (Å²) in [6.07, 6.45) is 3.95. The zero-order chi connectivity index (χ0) is 16.8. The topological polar surface area (TPSA) is 77.8 Å². The molecule has 1 saturated carbocycles. The van der Waals surface area contributed by atoms with E-state index in [-0.39, 0.29) is 23.0 Å². The second-order valence-electron chi connectivity index (χ2n) is 6.97. The standard InChI is InChI=1S/C20H20O4/c21-12-6-4-11(5-7-12)16-10-18-17(15-3-1-2-14(15)16)8-13(22)9-19(18)20(23)24/h4-9,14-16,21-22H,1-3,10H2,(H,23,24)/t14-,15+,16-/m0/s1. The summed E-state index contributed by atoms with van der Waals surface area (Å²) in [7, 11) is 0. The van der Waals surface area contributed by atoms with Gasteiger partial charge < -0.3 is 15.3 Å². The van der Waals surface area contributed by atoms with E-state index in [4.69, 9.17) is 0 Å². The minimum Gasteiger partial charge on any atom is -0.508 e. The van der Waals surface area contributed by atoms with E-state index in [2.05, 4.69) is 0 Å². The predicted molar refractivity (Wildman–Crippen MR) is 89.7 cm³/mol. The summed E-state index contributed by atoms with van der Waals surface area (Å²) in [6.45, 7) is 0. The van der Waals surface area contributed by atoms with Crippen LogP contribution in [0.2, 0.25) is 0 Å². The minimum atomic E-state index is -0.983. The van der Waals surface area contributed by atoms with Gasteiger partial charge in [-0.3, -0.25) is 0 Å². The summed E-state index contributed by atoms with van der Waals surface area (Å²) in [5.74, 6) is 0.327. The van der Waals surface area contributed by atoms with Crippen molar-refractivity contribution < 1.29 is 20.1 Å². The Morgan fingerprint density at radius 3 is 2.42 bits per heavy atom. The Balaban J connectivity index is 1.84. The van der Waals surface area contributed by atoms with Crippen molar-refractivity contribution in [1.82, 2.24) is 0 Å². The van der Waals surface area contributed by atoms with Crippen molar-refractivity contribution in [3.05, 3.63) is 58.7 Å². The fraction of sp³-hybridized carbons (Fsp3) is 0.350. The number of carboxylic acid groups (broad SMARTS) is 1. The van der Waals surface area contributed by atoms with Crippen molar-refractivity contribution in [2.24, 2.45) is 5.92 Å². The van der Waals surface area contributed by atoms with Crippen molar-refractivity contribution in [1.29, 1.82) is 0 Å². The van der Waals surface area contributed by atoms with E-state index < -0.39 is 5.97 Å². The molecule has 2 aromatic rings. The van der Waals surface area contributed by atoms with E-state index in [1.54, 1.807) is 18.2 Å². The number of aromatic carboxylic acids is 1. The molecule has 0 aliphatic heterocycles. The lowest BCUT2D eigenvalue weighted by molar-refractivity contribution is 0.0694. The van der Waals surface area contributed by atoms with Gasteiger partial charge in [-0.1, -0.05) is 18.6 Å². The molecule has 0 aromatic heterocycles. The lowest BCUT2D eigenvalue weighted by Crippen LogP contribution is -2.26. The Labute approximate surface area is 140 Å². The van der Waals surface area contributed by atoms with E-state index in [9.17, 15) is 20.1 Å². The normalized spacial score (nSPS) is 25.1. The van der Waals surface area contributed by atoms with Gasteiger partial charge in [0.15, 0.2) is 0 Å². The fourth-order valence-electron chi connectivity index (χ4n) is 4.74. The second-order valence-corrected chi connectivity index (χ2v) is 6.97. The van der Waals surface area contributed by atoms with Crippen molar-refractivity contribution in [2.45, 2.75) is 37.5 Å². The number of hydrogen-bond donors (Lipinski definition) is 3. The van der Waals surface area contributed by atoms with Crippen LogP contribution in [0.15, 0.2) is 36.4 Å². The van der Waals surface area contributed by atoms with Gasteiger partial charge in [-0.05, 0) is 78.0 Å². The van der Waals surface area contributed by atoms with E-state index in [1.165, 1.54) is 6.07 Å². The zero-order valence-corrected chi connectivity index (χ0v) is 13.3. The van der Waals surface area contributed by atoms with Crippen LogP contribution in [0, 0.1) is 5.92 Å². The average Bonchev–Trinajstić information content (AvgIpc) is 3.04. The first-order valence-electron chi connectivity index (χ1n) is 8.42. The first-order chi connectivity index (χ1) is 11.5. The quantitative estimate of drug-likeness (QED) is 0.779. The molecule has 24 heavy (non-hydrogen) atoms. The maximum absolute atomic E-state index is 11.7. The van der Waals surface area contributed by atoms with Gasteiger partial charge in [0.1, 0.15) is 11.5 Å². The van der Waals surface area contributed by atoms with Gasteiger partial charge in [0.25, 0.3) is 0 Å². The molecule has 4 nitrogen and oxygen atoms in total. The average molecular weight is 324 g/mol. The van der Waals surface area contributed by atoms with Gasteiger partial charge in [0.05, 0.1) is 5.56 Å². The van der Waals surface area contributed by atoms with Gasteiger partial charge in [-0.15, -0.1) is 0 Å². The fourth-order valence-corrected chi connectivity index (χ4v) is 4.74. The highest BCUT2D eigenvalue weighted by molar-refractivity contribution is 5.90. The molecule has 2 aliphatic carbocycles. The molecule has 0 spiro atoms. The van der Waals surface area contributed by atoms with E-state index in [1.807, 2.05) is 12.1 Å². The number of hydrogen-bond acceptors (Lipinski definition) is 3. The third-order valence-corrected chi connectivity index (χ3v) is 5.73. The maximum Gasteiger partial charge on any atom is 0.336 e. The number of phenols is 2. The molecule has 4 rings (SSSR count). The Morgan fingerprint density at radius 2 is 1.71 bits per heavy atom. The van der Waals surface area contributed by atoms with Crippen LogP contribution in [0.5, 0.6) is 11.5 Å². The van der Waals surface area contributed by atoms with E-state index in [0.717, 1.165) is 36.0 Å². The Bertz CT molecular complexity index is 794. The summed E-state index contributed by atoms with van der Waals surface area (Å²) < 4.78 is 0. The van der Waals surface area contributed by atoms with Gasteiger partial charge in [-0.2, -0.15) is 0 Å². The van der Waals surface area contributed by atoms with Crippen LogP contribution < -0.4 is 0 Å². The summed E-state index contributed by atoms with van der Waals surface area (Å²) in [6, 6.07) is 10.4. The smallest absolute Gasteiger partial charge is 0.336 e. The Morgan fingerprint density at radius 1 is 0.958 bits per heavy atom. The SMILES string of the molecule is O=C(O)c1cc(O)cc2c1C[C@@H](c1ccc(O)cc1)[C@H]1CCC[C@@H]21. The van der Waals surface area contributed by atoms with Crippen molar-refractivity contribution >= 4 is 5.97 Å². The molecule has 0 unspecified atom stereocenters. The molecule has 2 aliphatic rings. The van der Waals surface area contributed by atoms with Crippen molar-refractivity contribution in [2.75, 3.05) is 0 Å². The number of benzene rings is 2. The number of aromatic hydroxyl groups is 2. The number of rotatable bonds is 2. The van der Waals surface area contributed by atoms with Crippen LogP contribution >= 0.6 is 0 Å². The summed E-state index contributed by atoms with van der Waals surface area (Å²) in [4.78, 5) is 11.7. The van der Waals surface area contributed by atoms with Crippen LogP contribution in [0.4, 0.5) is 0 Å². The first-order valence-corrected chi connectivity index (χ1v) is 8.42. The van der Waals surface area contributed by atoms with Crippen LogP contribution in [0.3, 0.4) is 0 Å². The molecule has 0 saturated heterocycles. The molecule has 0 bridgehead atoms. The molecule has 4 heteroatoms. The van der Waals surface area contributed by atoms with Crippen LogP contribution in [-0.2, 0) is 6.42 Å². The van der Waals surface area contributed by atoms with E-state index >= 15 is 0 Å². The molecule has 1 fully saturated rings. The van der Waals surface area contributed by atoms with Crippen LogP contribution in [0.25, 0.3) is 0 Å². The van der Waals surface area contributed by atoms with Crippen molar-refractivity contribution in [3.8, 4) is 11.5 Å². The Kier molecular flexibility index (Phi) is 3.48. The van der Waals surface area contributed by atoms with E-state index in [0.29, 0.717) is 18.3 Å². The summed E-state index contributed by atoms with van der Waals surface area (Å²) in [5.41, 5.74) is 3.25. The maximum atomic E-state index is 11.7. The molecule has 0 radical (unpaired) electrons. The lowest BCUT2D eigenvalue weighted by Gasteiger charge is -2.37. The molecule has 0 amide bonds. The molecule has 3 N–H and O–H groups in total. The summed E-state index contributed by atoms with van der Waals surface area (Å²) in [5, 5.41) is 29.1. The monoisotopic (exact) mass is 324 g/mol. The number of carboxylic acids is 1. The van der Waals surface area contributed by atoms with Gasteiger partial charge in [-0.25, -0.2) is 4.79 Å². The summed E-state index contributed by atoms with van der Waals surface area (Å²) >= 11 is 0. The number of carbonyl (C=O) groups is 1. The second kappa shape index (κ2) is 5.55. The predicted octanol–water partition coefficient (Wildman–Crippen LogP) is 4.02. The van der Waals surface area contributed by atoms with Gasteiger partial charge >= 0.3 is 5.97 Å². The first kappa shape index (κ1) is 15.1. The highest BCUT2D eigenvalue weighted by Crippen LogP contribution is 2.54. The number of phenolic OH excluding ortho intramolecular Hbond substituents is 2. The van der Waals surface area contributed by atoms with Crippen molar-refractivity contribution in [3.63, 3.8) is 0 Å². The third-order valence-electron chi connectivity index (χ3n) is 5.73. The third kappa shape index (κ3) is 2.33. The largest absolute Gasteiger partial charge is 0.508 e. The molecule has 3 atom stereocenters. The molecular weight excluding hydrogens is 304 g/mol. The molecule has 0 heterocycles. The minimum absolute atomic E-state index is 0.0416. The zero-order valence-electron chi connectivity index (χ0n) is 13.3. The lowest BCUT2D eigenvalue weighted by atomic mass is 9.67. The molecular formula is C20H20O4. The van der Waals surface area contributed by atoms with Crippen LogP contribution in [0.1, 0.15) is 58.1 Å². The Hall–Kier alpha value is -2.49. The highest BCUT2D eigenvalue weighted by Gasteiger charge is 2.41. The van der Waals surface area contributed by atoms with Gasteiger partial charge in [0, 0.05) is 0 Å². The van der Waals surface area contributed by atoms with Gasteiger partial charge in [0.2, 0.25) is 0 Å².